The largest absolute Gasteiger partial charge is 0.493 e. The van der Waals surface area contributed by atoms with Gasteiger partial charge in [0, 0.05) is 6.07 Å². The highest BCUT2D eigenvalue weighted by atomic mass is 16.6. The van der Waals surface area contributed by atoms with Crippen LogP contribution < -0.4 is 14.8 Å². The molecule has 1 heterocycles. The highest BCUT2D eigenvalue weighted by Crippen LogP contribution is 2.27. The highest BCUT2D eigenvalue weighted by molar-refractivity contribution is 5.91. The van der Waals surface area contributed by atoms with Crippen LogP contribution in [-0.4, -0.2) is 30.0 Å². The molecule has 1 aromatic heterocycles. The first-order valence-electron chi connectivity index (χ1n) is 6.64. The number of nitro groups is 1. The standard InChI is InChI=1S/C15H15N3O5/c1-22-12-5-3-10(7-13(12)23-2)8-15(19)17-14-6-4-11(9-16-14)18(20)21/h3-7,9H,8H2,1-2H3,(H,16,17,19). The number of nitrogens with one attached hydrogen (secondary N) is 1. The molecular formula is C15H15N3O5. The lowest BCUT2D eigenvalue weighted by molar-refractivity contribution is -0.385. The van der Waals surface area contributed by atoms with Gasteiger partial charge in [0.1, 0.15) is 12.0 Å². The van der Waals surface area contributed by atoms with Crippen LogP contribution in [0.1, 0.15) is 5.56 Å². The molecule has 23 heavy (non-hydrogen) atoms. The molecular weight excluding hydrogens is 302 g/mol. The lowest BCUT2D eigenvalue weighted by Gasteiger charge is -2.09. The van der Waals surface area contributed by atoms with Crippen LogP contribution in [0.25, 0.3) is 0 Å². The molecule has 120 valence electrons. The van der Waals surface area contributed by atoms with Crippen LogP contribution in [0.15, 0.2) is 36.5 Å². The summed E-state index contributed by atoms with van der Waals surface area (Å²) in [7, 11) is 3.05. The zero-order chi connectivity index (χ0) is 16.8. The predicted molar refractivity (Wildman–Crippen MR) is 82.8 cm³/mol. The molecule has 0 atom stereocenters. The van der Waals surface area contributed by atoms with Crippen LogP contribution in [-0.2, 0) is 11.2 Å². The second-order valence-electron chi connectivity index (χ2n) is 4.57. The van der Waals surface area contributed by atoms with E-state index in [2.05, 4.69) is 10.3 Å². The molecule has 0 spiro atoms. The average molecular weight is 317 g/mol. The molecule has 0 aliphatic carbocycles. The number of pyridine rings is 1. The smallest absolute Gasteiger partial charge is 0.287 e. The number of aromatic nitrogens is 1. The second kappa shape index (κ2) is 7.21. The van der Waals surface area contributed by atoms with Gasteiger partial charge in [0.25, 0.3) is 5.69 Å². The van der Waals surface area contributed by atoms with E-state index < -0.39 is 4.92 Å². The summed E-state index contributed by atoms with van der Waals surface area (Å²) in [6.45, 7) is 0. The van der Waals surface area contributed by atoms with Gasteiger partial charge in [0.15, 0.2) is 11.5 Å². The normalized spacial score (nSPS) is 10.0. The topological polar surface area (TPSA) is 104 Å². The molecule has 0 saturated carbocycles. The number of carbonyl (C=O) groups excluding carboxylic acids is 1. The van der Waals surface area contributed by atoms with Crippen LogP contribution >= 0.6 is 0 Å². The van der Waals surface area contributed by atoms with E-state index >= 15 is 0 Å². The van der Waals surface area contributed by atoms with Crippen molar-refractivity contribution in [3.63, 3.8) is 0 Å². The molecule has 0 fully saturated rings. The average Bonchev–Trinajstić information content (AvgIpc) is 2.55. The SMILES string of the molecule is COc1ccc(CC(=O)Nc2ccc([N+](=O)[O-])cn2)cc1OC. The fourth-order valence-corrected chi connectivity index (χ4v) is 1.93. The van der Waals surface area contributed by atoms with Gasteiger partial charge in [-0.1, -0.05) is 6.07 Å². The highest BCUT2D eigenvalue weighted by Gasteiger charge is 2.10. The quantitative estimate of drug-likeness (QED) is 0.647. The van der Waals surface area contributed by atoms with Crippen LogP contribution in [0.2, 0.25) is 0 Å². The first-order valence-corrected chi connectivity index (χ1v) is 6.64. The predicted octanol–water partition coefficient (Wildman–Crippen LogP) is 2.19. The van der Waals surface area contributed by atoms with Crippen LogP contribution in [0.5, 0.6) is 11.5 Å². The van der Waals surface area contributed by atoms with Crippen molar-refractivity contribution in [1.29, 1.82) is 0 Å². The monoisotopic (exact) mass is 317 g/mol. The molecule has 8 nitrogen and oxygen atoms in total. The Morgan fingerprint density at radius 1 is 1.22 bits per heavy atom. The lowest BCUT2D eigenvalue weighted by Crippen LogP contribution is -2.15. The van der Waals surface area contributed by atoms with Gasteiger partial charge in [-0.25, -0.2) is 4.98 Å². The lowest BCUT2D eigenvalue weighted by atomic mass is 10.1. The maximum absolute atomic E-state index is 12.0. The van der Waals surface area contributed by atoms with E-state index in [4.69, 9.17) is 9.47 Å². The Balaban J connectivity index is 2.03. The Hall–Kier alpha value is -3.16. The minimum atomic E-state index is -0.553. The maximum Gasteiger partial charge on any atom is 0.287 e. The van der Waals surface area contributed by atoms with E-state index in [0.29, 0.717) is 11.5 Å². The van der Waals surface area contributed by atoms with Gasteiger partial charge in [-0.05, 0) is 23.8 Å². The van der Waals surface area contributed by atoms with Crippen molar-refractivity contribution < 1.29 is 19.2 Å². The van der Waals surface area contributed by atoms with Crippen molar-refractivity contribution in [3.05, 3.63) is 52.2 Å². The van der Waals surface area contributed by atoms with Gasteiger partial charge in [-0.15, -0.1) is 0 Å². The van der Waals surface area contributed by atoms with E-state index in [0.717, 1.165) is 11.8 Å². The summed E-state index contributed by atoms with van der Waals surface area (Å²) in [4.78, 5) is 25.8. The third-order valence-electron chi connectivity index (χ3n) is 3.04. The molecule has 2 rings (SSSR count). The fourth-order valence-electron chi connectivity index (χ4n) is 1.93. The number of amides is 1. The number of carbonyl (C=O) groups is 1. The first kappa shape index (κ1) is 16.2. The summed E-state index contributed by atoms with van der Waals surface area (Å²) in [6, 6.07) is 7.83. The summed E-state index contributed by atoms with van der Waals surface area (Å²) in [6.07, 6.45) is 1.20. The number of hydrogen-bond donors (Lipinski definition) is 1. The third kappa shape index (κ3) is 4.16. The molecule has 0 aliphatic heterocycles. The van der Waals surface area contributed by atoms with E-state index in [1.54, 1.807) is 18.2 Å². The molecule has 1 N–H and O–H groups in total. The Morgan fingerprint density at radius 2 is 1.96 bits per heavy atom. The Kier molecular flexibility index (Phi) is 5.08. The summed E-state index contributed by atoms with van der Waals surface area (Å²) in [5.74, 6) is 1.07. The van der Waals surface area contributed by atoms with E-state index in [9.17, 15) is 14.9 Å². The molecule has 2 aromatic rings. The number of anilines is 1. The van der Waals surface area contributed by atoms with Crippen molar-refractivity contribution in [1.82, 2.24) is 4.98 Å². The number of ether oxygens (including phenoxy) is 2. The van der Waals surface area contributed by atoms with E-state index in [1.807, 2.05) is 0 Å². The van der Waals surface area contributed by atoms with Crippen molar-refractivity contribution in [2.45, 2.75) is 6.42 Å². The minimum Gasteiger partial charge on any atom is -0.493 e. The number of nitrogens with zero attached hydrogens (tertiary/aromatic N) is 2. The maximum atomic E-state index is 12.0. The van der Waals surface area contributed by atoms with Crippen LogP contribution in [0, 0.1) is 10.1 Å². The van der Waals surface area contributed by atoms with Gasteiger partial charge in [-0.2, -0.15) is 0 Å². The van der Waals surface area contributed by atoms with Crippen LogP contribution in [0.4, 0.5) is 11.5 Å². The zero-order valence-electron chi connectivity index (χ0n) is 12.6. The minimum absolute atomic E-state index is 0.110. The van der Waals surface area contributed by atoms with Crippen molar-refractivity contribution in [2.75, 3.05) is 19.5 Å². The summed E-state index contributed by atoms with van der Waals surface area (Å²) >= 11 is 0. The second-order valence-corrected chi connectivity index (χ2v) is 4.57. The number of methoxy groups -OCH3 is 2. The van der Waals surface area contributed by atoms with E-state index in [-0.39, 0.29) is 23.8 Å². The summed E-state index contributed by atoms with van der Waals surface area (Å²) < 4.78 is 10.3. The van der Waals surface area contributed by atoms with E-state index in [1.165, 1.54) is 26.4 Å². The van der Waals surface area contributed by atoms with Gasteiger partial charge < -0.3 is 14.8 Å². The molecule has 0 bridgehead atoms. The molecule has 8 heteroatoms. The molecule has 0 unspecified atom stereocenters. The molecule has 0 saturated heterocycles. The summed E-state index contributed by atoms with van der Waals surface area (Å²) in [5.41, 5.74) is 0.602. The van der Waals surface area contributed by atoms with Gasteiger partial charge in [0.2, 0.25) is 5.91 Å². The fraction of sp³-hybridized carbons (Fsp3) is 0.200. The third-order valence-corrected chi connectivity index (χ3v) is 3.04. The van der Waals surface area contributed by atoms with Gasteiger partial charge in [0.05, 0.1) is 25.6 Å². The van der Waals surface area contributed by atoms with Crippen molar-refractivity contribution in [2.24, 2.45) is 0 Å². The van der Waals surface area contributed by atoms with Crippen molar-refractivity contribution in [3.8, 4) is 11.5 Å². The Labute approximate surface area is 132 Å². The molecule has 0 aliphatic rings. The Morgan fingerprint density at radius 3 is 2.52 bits per heavy atom. The van der Waals surface area contributed by atoms with Crippen LogP contribution in [0.3, 0.4) is 0 Å². The zero-order valence-corrected chi connectivity index (χ0v) is 12.6. The molecule has 1 amide bonds. The number of hydrogen-bond acceptors (Lipinski definition) is 6. The molecule has 0 radical (unpaired) electrons. The molecule has 1 aromatic carbocycles. The van der Waals surface area contributed by atoms with Gasteiger partial charge >= 0.3 is 0 Å². The number of rotatable bonds is 6. The van der Waals surface area contributed by atoms with Crippen molar-refractivity contribution >= 4 is 17.4 Å². The first-order chi connectivity index (χ1) is 11.0. The number of benzene rings is 1. The summed E-state index contributed by atoms with van der Waals surface area (Å²) in [5, 5.41) is 13.1. The van der Waals surface area contributed by atoms with Gasteiger partial charge in [-0.3, -0.25) is 14.9 Å². The Bertz CT molecular complexity index is 716.